The smallest absolute Gasteiger partial charge is 0.225 e. The summed E-state index contributed by atoms with van der Waals surface area (Å²) < 4.78 is 5.88. The number of hydrogen-bond donors (Lipinski definition) is 1. The quantitative estimate of drug-likeness (QED) is 0.922. The molecule has 25 heavy (non-hydrogen) atoms. The van der Waals surface area contributed by atoms with Gasteiger partial charge < -0.3 is 14.6 Å². The monoisotopic (exact) mass is 339 g/mol. The maximum absolute atomic E-state index is 12.5. The fourth-order valence-corrected chi connectivity index (χ4v) is 3.48. The molecule has 1 saturated heterocycles. The molecule has 0 unspecified atom stereocenters. The molecule has 6 nitrogen and oxygen atoms in total. The van der Waals surface area contributed by atoms with E-state index in [4.69, 9.17) is 4.42 Å². The number of nitrogens with zero attached hydrogens (tertiary/aromatic N) is 2. The molecule has 2 amide bonds. The highest BCUT2D eigenvalue weighted by Gasteiger charge is 2.29. The normalized spacial score (nSPS) is 19.6. The van der Waals surface area contributed by atoms with Gasteiger partial charge in [0, 0.05) is 38.3 Å². The molecule has 1 aromatic carbocycles. The molecule has 0 bridgehead atoms. The fourth-order valence-electron chi connectivity index (χ4n) is 3.48. The lowest BCUT2D eigenvalue weighted by Gasteiger charge is -2.26. The molecule has 0 spiro atoms. The lowest BCUT2D eigenvalue weighted by Crippen LogP contribution is -2.39. The van der Waals surface area contributed by atoms with Crippen LogP contribution in [0, 0.1) is 0 Å². The molecule has 6 heteroatoms. The van der Waals surface area contributed by atoms with Gasteiger partial charge in [0.05, 0.1) is 6.54 Å². The number of nitrogens with one attached hydrogen (secondary N) is 1. The first kappa shape index (κ1) is 15.9. The molecule has 0 saturated carbocycles. The number of rotatable bonds is 4. The number of amides is 2. The van der Waals surface area contributed by atoms with Crippen LogP contribution in [0.2, 0.25) is 0 Å². The molecule has 2 aliphatic heterocycles. The van der Waals surface area contributed by atoms with Crippen LogP contribution in [0.15, 0.2) is 34.7 Å². The summed E-state index contributed by atoms with van der Waals surface area (Å²) in [4.78, 5) is 30.2. The molecular weight excluding hydrogens is 318 g/mol. The summed E-state index contributed by atoms with van der Waals surface area (Å²) in [5, 5.41) is 2.85. The molecule has 2 aromatic rings. The first-order valence-electron chi connectivity index (χ1n) is 8.76. The van der Waals surface area contributed by atoms with Crippen LogP contribution in [0.3, 0.4) is 0 Å². The van der Waals surface area contributed by atoms with E-state index in [-0.39, 0.29) is 17.9 Å². The van der Waals surface area contributed by atoms with E-state index in [0.29, 0.717) is 44.7 Å². The predicted octanol–water partition coefficient (Wildman–Crippen LogP) is 1.82. The summed E-state index contributed by atoms with van der Waals surface area (Å²) in [7, 11) is 0. The minimum atomic E-state index is -0.0210. The van der Waals surface area contributed by atoms with E-state index in [1.54, 1.807) is 0 Å². The SMILES string of the molecule is O=C1CC[C@H](CC(=O)N2CCc3oc(Cc4ccccc4)nc3C2)N1. The molecular formula is C19H21N3O3. The third-order valence-corrected chi connectivity index (χ3v) is 4.83. The predicted molar refractivity (Wildman–Crippen MR) is 90.7 cm³/mol. The van der Waals surface area contributed by atoms with Crippen LogP contribution in [-0.2, 0) is 29.0 Å². The van der Waals surface area contributed by atoms with E-state index in [9.17, 15) is 9.59 Å². The lowest BCUT2D eigenvalue weighted by molar-refractivity contribution is -0.132. The standard InChI is InChI=1S/C19H21N3O3/c23-17-7-6-14(20-17)11-19(24)22-9-8-16-15(12-22)21-18(25-16)10-13-4-2-1-3-5-13/h1-5,14H,6-12H2,(H,20,23)/t14-/m1/s1. The number of benzene rings is 1. The minimum Gasteiger partial charge on any atom is -0.445 e. The topological polar surface area (TPSA) is 75.4 Å². The molecule has 1 N–H and O–H groups in total. The Hall–Kier alpha value is -2.63. The summed E-state index contributed by atoms with van der Waals surface area (Å²) in [5.74, 6) is 1.71. The first-order valence-corrected chi connectivity index (χ1v) is 8.76. The molecule has 3 heterocycles. The van der Waals surface area contributed by atoms with Crippen molar-refractivity contribution in [2.45, 2.75) is 44.7 Å². The Bertz CT molecular complexity index is 784. The van der Waals surface area contributed by atoms with Crippen molar-refractivity contribution < 1.29 is 14.0 Å². The van der Waals surface area contributed by atoms with E-state index in [2.05, 4.69) is 22.4 Å². The second-order valence-electron chi connectivity index (χ2n) is 6.71. The van der Waals surface area contributed by atoms with Crippen LogP contribution in [0.25, 0.3) is 0 Å². The maximum Gasteiger partial charge on any atom is 0.225 e. The summed E-state index contributed by atoms with van der Waals surface area (Å²) in [6.07, 6.45) is 2.99. The minimum absolute atomic E-state index is 0.0210. The van der Waals surface area contributed by atoms with Crippen molar-refractivity contribution >= 4 is 11.8 Å². The van der Waals surface area contributed by atoms with Crippen LogP contribution < -0.4 is 5.32 Å². The van der Waals surface area contributed by atoms with Gasteiger partial charge in [-0.3, -0.25) is 9.59 Å². The van der Waals surface area contributed by atoms with Gasteiger partial charge in [-0.15, -0.1) is 0 Å². The lowest BCUT2D eigenvalue weighted by atomic mass is 10.1. The molecule has 1 atom stereocenters. The Balaban J connectivity index is 1.39. The fraction of sp³-hybridized carbons (Fsp3) is 0.421. The van der Waals surface area contributed by atoms with E-state index in [0.717, 1.165) is 23.4 Å². The third kappa shape index (κ3) is 3.57. The van der Waals surface area contributed by atoms with Crippen molar-refractivity contribution in [1.82, 2.24) is 15.2 Å². The second-order valence-corrected chi connectivity index (χ2v) is 6.71. The molecule has 130 valence electrons. The zero-order valence-electron chi connectivity index (χ0n) is 14.0. The van der Waals surface area contributed by atoms with E-state index < -0.39 is 0 Å². The van der Waals surface area contributed by atoms with Crippen molar-refractivity contribution in [2.24, 2.45) is 0 Å². The number of fused-ring (bicyclic) bond motifs is 1. The van der Waals surface area contributed by atoms with Crippen molar-refractivity contribution in [3.05, 3.63) is 53.2 Å². The van der Waals surface area contributed by atoms with Crippen LogP contribution in [0.5, 0.6) is 0 Å². The summed E-state index contributed by atoms with van der Waals surface area (Å²) in [6.45, 7) is 1.14. The number of carbonyl (C=O) groups excluding carboxylic acids is 2. The highest BCUT2D eigenvalue weighted by molar-refractivity contribution is 5.82. The number of hydrogen-bond acceptors (Lipinski definition) is 4. The average Bonchev–Trinajstić information content (AvgIpc) is 3.20. The van der Waals surface area contributed by atoms with Crippen LogP contribution in [0.4, 0.5) is 0 Å². The Labute approximate surface area is 146 Å². The van der Waals surface area contributed by atoms with Gasteiger partial charge in [-0.2, -0.15) is 0 Å². The molecule has 0 aliphatic carbocycles. The van der Waals surface area contributed by atoms with Gasteiger partial charge in [0.2, 0.25) is 11.8 Å². The van der Waals surface area contributed by atoms with Crippen molar-refractivity contribution in [1.29, 1.82) is 0 Å². The average molecular weight is 339 g/mol. The number of aromatic nitrogens is 1. The summed E-state index contributed by atoms with van der Waals surface area (Å²) >= 11 is 0. The van der Waals surface area contributed by atoms with Gasteiger partial charge in [0.15, 0.2) is 5.89 Å². The van der Waals surface area contributed by atoms with Gasteiger partial charge in [-0.1, -0.05) is 30.3 Å². The number of carbonyl (C=O) groups is 2. The van der Waals surface area contributed by atoms with Crippen LogP contribution in [0.1, 0.15) is 42.2 Å². The van der Waals surface area contributed by atoms with Crippen molar-refractivity contribution in [3.8, 4) is 0 Å². The van der Waals surface area contributed by atoms with Crippen molar-refractivity contribution in [2.75, 3.05) is 6.54 Å². The van der Waals surface area contributed by atoms with Gasteiger partial charge >= 0.3 is 0 Å². The molecule has 4 rings (SSSR count). The Morgan fingerprint density at radius 1 is 1.28 bits per heavy atom. The first-order chi connectivity index (χ1) is 12.2. The van der Waals surface area contributed by atoms with Gasteiger partial charge in [-0.25, -0.2) is 4.98 Å². The second kappa shape index (κ2) is 6.70. The third-order valence-electron chi connectivity index (χ3n) is 4.83. The largest absolute Gasteiger partial charge is 0.445 e. The molecule has 0 radical (unpaired) electrons. The van der Waals surface area contributed by atoms with Gasteiger partial charge in [0.25, 0.3) is 0 Å². The molecule has 1 aromatic heterocycles. The van der Waals surface area contributed by atoms with E-state index in [1.807, 2.05) is 23.1 Å². The highest BCUT2D eigenvalue weighted by atomic mass is 16.4. The maximum atomic E-state index is 12.5. The van der Waals surface area contributed by atoms with Crippen molar-refractivity contribution in [3.63, 3.8) is 0 Å². The van der Waals surface area contributed by atoms with Crippen LogP contribution in [-0.4, -0.2) is 34.3 Å². The zero-order chi connectivity index (χ0) is 17.2. The van der Waals surface area contributed by atoms with Gasteiger partial charge in [-0.05, 0) is 12.0 Å². The summed E-state index contributed by atoms with van der Waals surface area (Å²) in [6, 6.07) is 10.1. The Morgan fingerprint density at radius 3 is 2.88 bits per heavy atom. The van der Waals surface area contributed by atoms with E-state index in [1.165, 1.54) is 0 Å². The number of oxazole rings is 1. The zero-order valence-corrected chi connectivity index (χ0v) is 14.0. The van der Waals surface area contributed by atoms with Gasteiger partial charge in [0.1, 0.15) is 11.5 Å². The highest BCUT2D eigenvalue weighted by Crippen LogP contribution is 2.22. The Morgan fingerprint density at radius 2 is 2.12 bits per heavy atom. The van der Waals surface area contributed by atoms with E-state index >= 15 is 0 Å². The molecule has 2 aliphatic rings. The summed E-state index contributed by atoms with van der Waals surface area (Å²) in [5.41, 5.74) is 2.02. The van der Waals surface area contributed by atoms with Crippen LogP contribution >= 0.6 is 0 Å². The Kier molecular flexibility index (Phi) is 4.26. The molecule has 1 fully saturated rings.